The first-order valence-electron chi connectivity index (χ1n) is 6.99. The van der Waals surface area contributed by atoms with Crippen molar-refractivity contribution in [2.45, 2.75) is 13.0 Å². The Kier molecular flexibility index (Phi) is 5.12. The molecule has 12 heteroatoms. The van der Waals surface area contributed by atoms with E-state index >= 15 is 0 Å². The molecule has 0 aliphatic heterocycles. The van der Waals surface area contributed by atoms with Gasteiger partial charge in [-0.2, -0.15) is 9.97 Å². The van der Waals surface area contributed by atoms with Crippen LogP contribution in [0.4, 0.5) is 11.8 Å². The van der Waals surface area contributed by atoms with Gasteiger partial charge in [0.2, 0.25) is 5.95 Å². The molecule has 0 amide bonds. The van der Waals surface area contributed by atoms with Crippen LogP contribution in [0.15, 0.2) is 28.2 Å². The molecule has 0 fully saturated rings. The van der Waals surface area contributed by atoms with E-state index in [9.17, 15) is 14.4 Å². The highest BCUT2D eigenvalue weighted by molar-refractivity contribution is 5.71. The summed E-state index contributed by atoms with van der Waals surface area (Å²) in [6.45, 7) is 0.196. The number of H-pyrrole nitrogens is 1. The molecule has 132 valence electrons. The Morgan fingerprint density at radius 2 is 2.04 bits per heavy atom. The van der Waals surface area contributed by atoms with Gasteiger partial charge in [0.1, 0.15) is 5.82 Å². The van der Waals surface area contributed by atoms with Gasteiger partial charge in [0.25, 0.3) is 5.56 Å². The van der Waals surface area contributed by atoms with Crippen LogP contribution < -0.4 is 22.7 Å². The smallest absolute Gasteiger partial charge is 0.349 e. The van der Waals surface area contributed by atoms with Crippen molar-refractivity contribution in [1.82, 2.24) is 29.1 Å². The predicted molar refractivity (Wildman–Crippen MR) is 88.7 cm³/mol. The molecule has 6 N–H and O–H groups in total. The number of carbonyl (C=O) groups is 1. The Balaban J connectivity index is 0.000000212. The average Bonchev–Trinajstić information content (AvgIpc) is 2.93. The van der Waals surface area contributed by atoms with Crippen LogP contribution in [0.1, 0.15) is 6.42 Å². The van der Waals surface area contributed by atoms with Crippen LogP contribution in [-0.2, 0) is 18.4 Å². The maximum atomic E-state index is 11.4. The van der Waals surface area contributed by atoms with Crippen LogP contribution >= 0.6 is 0 Å². The first kappa shape index (κ1) is 17.7. The number of nitrogens with zero attached hydrogens (tertiary/aromatic N) is 5. The number of aromatic nitrogens is 6. The van der Waals surface area contributed by atoms with E-state index in [1.807, 2.05) is 0 Å². The number of carboxylic acids is 1. The molecule has 25 heavy (non-hydrogen) atoms. The lowest BCUT2D eigenvalue weighted by molar-refractivity contribution is -0.137. The molecule has 0 saturated heterocycles. The van der Waals surface area contributed by atoms with Crippen LogP contribution in [0.25, 0.3) is 11.2 Å². The van der Waals surface area contributed by atoms with Crippen molar-refractivity contribution in [1.29, 1.82) is 0 Å². The number of hydrogen-bond donors (Lipinski definition) is 4. The molecule has 0 radical (unpaired) electrons. The Bertz CT molecular complexity index is 1020. The zero-order valence-corrected chi connectivity index (χ0v) is 13.2. The van der Waals surface area contributed by atoms with Gasteiger partial charge in [0, 0.05) is 19.8 Å². The molecule has 0 aliphatic rings. The topological polar surface area (TPSA) is 188 Å². The highest BCUT2D eigenvalue weighted by Crippen LogP contribution is 2.06. The number of aryl methyl sites for hydroxylation is 2. The largest absolute Gasteiger partial charge is 0.481 e. The number of nitrogens with two attached hydrogens (primary N) is 2. The molecule has 3 aromatic rings. The maximum Gasteiger partial charge on any atom is 0.349 e. The van der Waals surface area contributed by atoms with E-state index in [4.69, 9.17) is 16.6 Å². The number of nitrogen functional groups attached to an aromatic ring is 2. The number of nitrogens with one attached hydrogen (secondary N) is 1. The first-order valence-corrected chi connectivity index (χ1v) is 6.99. The number of aromatic amines is 1. The van der Waals surface area contributed by atoms with Gasteiger partial charge in [0.05, 0.1) is 12.7 Å². The van der Waals surface area contributed by atoms with Crippen molar-refractivity contribution in [2.24, 2.45) is 7.05 Å². The van der Waals surface area contributed by atoms with Crippen molar-refractivity contribution in [2.75, 3.05) is 11.5 Å². The second kappa shape index (κ2) is 7.25. The number of hydrogen-bond acceptors (Lipinski definition) is 8. The summed E-state index contributed by atoms with van der Waals surface area (Å²) >= 11 is 0. The minimum atomic E-state index is -0.931. The van der Waals surface area contributed by atoms with Crippen LogP contribution in [0.2, 0.25) is 0 Å². The summed E-state index contributed by atoms with van der Waals surface area (Å²) in [5.74, 6) is -0.688. The fraction of sp³-hybridized carbons (Fsp3) is 0.231. The Morgan fingerprint density at radius 3 is 2.64 bits per heavy atom. The Morgan fingerprint density at radius 1 is 1.32 bits per heavy atom. The van der Waals surface area contributed by atoms with Gasteiger partial charge < -0.3 is 25.7 Å². The highest BCUT2D eigenvalue weighted by Gasteiger charge is 2.09. The summed E-state index contributed by atoms with van der Waals surface area (Å²) in [4.78, 5) is 45.9. The average molecular weight is 348 g/mol. The molecule has 0 aliphatic carbocycles. The molecule has 0 bridgehead atoms. The lowest BCUT2D eigenvalue weighted by Crippen LogP contribution is -2.19. The highest BCUT2D eigenvalue weighted by atomic mass is 16.4. The second-order valence-corrected chi connectivity index (χ2v) is 4.95. The van der Waals surface area contributed by atoms with Gasteiger partial charge in [-0.15, -0.1) is 0 Å². The van der Waals surface area contributed by atoms with E-state index < -0.39 is 11.5 Å². The number of fused-ring (bicyclic) bond motifs is 1. The Labute approximate surface area is 139 Å². The maximum absolute atomic E-state index is 11.4. The summed E-state index contributed by atoms with van der Waals surface area (Å²) in [7, 11) is 1.62. The molecule has 0 saturated carbocycles. The summed E-state index contributed by atoms with van der Waals surface area (Å²) in [6, 6.07) is 1.57. The molecular formula is C13H16N8O4. The van der Waals surface area contributed by atoms with Gasteiger partial charge in [0.15, 0.2) is 11.2 Å². The molecule has 0 unspecified atom stereocenters. The third-order valence-corrected chi connectivity index (χ3v) is 3.06. The predicted octanol–water partition coefficient (Wildman–Crippen LogP) is -1.46. The molecule has 0 aromatic carbocycles. The quantitative estimate of drug-likeness (QED) is 0.438. The molecule has 0 spiro atoms. The summed E-state index contributed by atoms with van der Waals surface area (Å²) in [5, 5.41) is 8.55. The van der Waals surface area contributed by atoms with Gasteiger partial charge in [-0.05, 0) is 6.07 Å². The summed E-state index contributed by atoms with van der Waals surface area (Å²) < 4.78 is 2.84. The summed E-state index contributed by atoms with van der Waals surface area (Å²) in [5.41, 5.74) is 10.3. The minimum Gasteiger partial charge on any atom is -0.481 e. The van der Waals surface area contributed by atoms with Gasteiger partial charge in [-0.25, -0.2) is 9.78 Å². The van der Waals surface area contributed by atoms with Crippen LogP contribution in [-0.4, -0.2) is 40.1 Å². The lowest BCUT2D eigenvalue weighted by Gasteiger charge is -2.00. The minimum absolute atomic E-state index is 0.0189. The van der Waals surface area contributed by atoms with E-state index in [1.165, 1.54) is 15.5 Å². The van der Waals surface area contributed by atoms with Crippen LogP contribution in [0, 0.1) is 0 Å². The fourth-order valence-corrected chi connectivity index (χ4v) is 1.83. The second-order valence-electron chi connectivity index (χ2n) is 4.95. The lowest BCUT2D eigenvalue weighted by atomic mass is 10.4. The normalized spacial score (nSPS) is 10.3. The zero-order valence-electron chi connectivity index (χ0n) is 13.2. The number of anilines is 2. The number of carboxylic acid groups (broad SMARTS) is 1. The molecule has 0 atom stereocenters. The van der Waals surface area contributed by atoms with Crippen LogP contribution in [0.5, 0.6) is 0 Å². The number of imidazole rings is 1. The fourth-order valence-electron chi connectivity index (χ4n) is 1.83. The van der Waals surface area contributed by atoms with Crippen LogP contribution in [0.3, 0.4) is 0 Å². The zero-order chi connectivity index (χ0) is 18.6. The number of aliphatic carboxylic acids is 1. The van der Waals surface area contributed by atoms with Crippen molar-refractivity contribution in [3.05, 3.63) is 39.4 Å². The molecular weight excluding hydrogens is 332 g/mol. The third-order valence-electron chi connectivity index (χ3n) is 3.06. The molecule has 3 heterocycles. The van der Waals surface area contributed by atoms with Crippen molar-refractivity contribution in [3.8, 4) is 0 Å². The van der Waals surface area contributed by atoms with Gasteiger partial charge >= 0.3 is 11.7 Å². The van der Waals surface area contributed by atoms with Gasteiger partial charge in [-0.1, -0.05) is 0 Å². The molecule has 3 aromatic heterocycles. The molecule has 3 rings (SSSR count). The van der Waals surface area contributed by atoms with E-state index in [1.54, 1.807) is 19.3 Å². The Hall–Kier alpha value is -3.70. The third kappa shape index (κ3) is 4.40. The van der Waals surface area contributed by atoms with Crippen molar-refractivity contribution >= 4 is 28.9 Å². The van der Waals surface area contributed by atoms with E-state index in [0.29, 0.717) is 5.65 Å². The number of rotatable bonds is 3. The van der Waals surface area contributed by atoms with Gasteiger partial charge in [-0.3, -0.25) is 14.6 Å². The first-order chi connectivity index (χ1) is 11.8. The SMILES string of the molecule is Cn1ccc(N)nc1=O.Nc1nc2c(ncn2CCC(=O)O)c(=O)[nH]1. The molecule has 12 nitrogen and oxygen atoms in total. The van der Waals surface area contributed by atoms with E-state index in [0.717, 1.165) is 0 Å². The monoisotopic (exact) mass is 348 g/mol. The van der Waals surface area contributed by atoms with Crippen molar-refractivity contribution in [3.63, 3.8) is 0 Å². The summed E-state index contributed by atoms with van der Waals surface area (Å²) in [6.07, 6.45) is 2.87. The standard InChI is InChI=1S/C8H9N5O3.C5H7N3O/c9-8-11-6-5(7(16)12-8)10-3-13(6)2-1-4(14)15;1-8-3-2-4(6)7-5(8)9/h3H,1-2H2,(H,14,15)(H3,9,11,12,16);2-3H,1H3,(H2,6,7,9). The van der Waals surface area contributed by atoms with E-state index in [2.05, 4.69) is 19.9 Å². The van der Waals surface area contributed by atoms with E-state index in [-0.39, 0.29) is 35.9 Å². The van der Waals surface area contributed by atoms with Crippen molar-refractivity contribution < 1.29 is 9.90 Å².